The topological polar surface area (TPSA) is 153 Å². The summed E-state index contributed by atoms with van der Waals surface area (Å²) in [5, 5.41) is 28.6. The molecule has 1 aromatic heterocycles. The van der Waals surface area contributed by atoms with Gasteiger partial charge in [0.25, 0.3) is 0 Å². The van der Waals surface area contributed by atoms with E-state index in [4.69, 9.17) is 20.0 Å². The van der Waals surface area contributed by atoms with Crippen LogP contribution in [-0.2, 0) is 24.2 Å². The Morgan fingerprint density at radius 3 is 1.98 bits per heavy atom. The number of amidine groups is 1. The maximum Gasteiger partial charge on any atom is 0.417 e. The van der Waals surface area contributed by atoms with E-state index in [0.29, 0.717) is 17.2 Å². The summed E-state index contributed by atoms with van der Waals surface area (Å²) < 4.78 is 54.6. The quantitative estimate of drug-likeness (QED) is 0.0304. The number of nitro benzene ring substituents is 1. The molecule has 1 heterocycles. The number of halogens is 3. The van der Waals surface area contributed by atoms with E-state index >= 15 is 0 Å². The minimum atomic E-state index is -4.98. The van der Waals surface area contributed by atoms with Crippen molar-refractivity contribution in [3.63, 3.8) is 0 Å². The van der Waals surface area contributed by atoms with Gasteiger partial charge < -0.3 is 25.3 Å². The van der Waals surface area contributed by atoms with E-state index in [0.717, 1.165) is 19.1 Å². The number of ether oxygens (including phenoxy) is 2. The molecule has 0 fully saturated rings. The van der Waals surface area contributed by atoms with E-state index in [1.165, 1.54) is 12.1 Å². The fraction of sp³-hybridized carbons (Fsp3) is 0.114. The number of oxime groups is 1. The summed E-state index contributed by atoms with van der Waals surface area (Å²) in [6.45, 7) is 0.983. The molecule has 0 aliphatic carbocycles. The van der Waals surface area contributed by atoms with Crippen molar-refractivity contribution in [2.45, 2.75) is 26.3 Å². The van der Waals surface area contributed by atoms with Crippen LogP contribution in [0.3, 0.4) is 0 Å². The van der Waals surface area contributed by atoms with Crippen molar-refractivity contribution in [3.8, 4) is 22.8 Å². The molecule has 5 rings (SSSR count). The van der Waals surface area contributed by atoms with Gasteiger partial charge >= 0.3 is 17.8 Å². The lowest BCUT2D eigenvalue weighted by Crippen LogP contribution is -2.38. The number of benzene rings is 4. The highest BCUT2D eigenvalue weighted by atomic mass is 19.4. The van der Waals surface area contributed by atoms with Crippen LogP contribution in [0.2, 0.25) is 0 Å². The standard InChI is InChI=1S/C35H27F3N4O7/c1-22-31(27(35(36,37)38)19-28(41(22)44)25-15-9-4-10-16-25)33(39)40-49-34(43)26-17-29(42(45)46)32(48-21-24-13-7-3-8-14-24)30(18-26)47-20-23-11-5-2-6-12-23/h2-19H,20-21H2,1H3,(H2,39,40). The van der Waals surface area contributed by atoms with Crippen molar-refractivity contribution in [2.24, 2.45) is 10.9 Å². The van der Waals surface area contributed by atoms with Gasteiger partial charge in [0, 0.05) is 24.6 Å². The van der Waals surface area contributed by atoms with Crippen LogP contribution >= 0.6 is 0 Å². The van der Waals surface area contributed by atoms with Crippen LogP contribution in [0.4, 0.5) is 18.9 Å². The van der Waals surface area contributed by atoms with Gasteiger partial charge in [0.15, 0.2) is 11.6 Å². The lowest BCUT2D eigenvalue weighted by molar-refractivity contribution is -0.601. The molecule has 0 saturated carbocycles. The summed E-state index contributed by atoms with van der Waals surface area (Å²) in [4.78, 5) is 29.4. The number of nitro groups is 1. The first kappa shape index (κ1) is 33.9. The van der Waals surface area contributed by atoms with Crippen LogP contribution in [0.5, 0.6) is 11.5 Å². The van der Waals surface area contributed by atoms with E-state index in [2.05, 4.69) is 5.16 Å². The van der Waals surface area contributed by atoms with Gasteiger partial charge in [0.2, 0.25) is 17.1 Å². The Kier molecular flexibility index (Phi) is 10.1. The Morgan fingerprint density at radius 1 is 0.878 bits per heavy atom. The molecule has 0 atom stereocenters. The molecular formula is C35H27F3N4O7. The van der Waals surface area contributed by atoms with Crippen molar-refractivity contribution in [3.05, 3.63) is 158 Å². The van der Waals surface area contributed by atoms with E-state index in [1.807, 2.05) is 0 Å². The minimum Gasteiger partial charge on any atom is -0.618 e. The first-order valence-electron chi connectivity index (χ1n) is 14.5. The van der Waals surface area contributed by atoms with Crippen molar-refractivity contribution in [2.75, 3.05) is 0 Å². The van der Waals surface area contributed by atoms with Crippen LogP contribution in [0.15, 0.2) is 114 Å². The van der Waals surface area contributed by atoms with Gasteiger partial charge in [-0.15, -0.1) is 0 Å². The van der Waals surface area contributed by atoms with E-state index in [-0.39, 0.29) is 40.7 Å². The maximum atomic E-state index is 14.2. The first-order chi connectivity index (χ1) is 23.4. The molecule has 5 aromatic rings. The third-order valence-corrected chi connectivity index (χ3v) is 7.22. The molecule has 0 spiro atoms. The summed E-state index contributed by atoms with van der Waals surface area (Å²) >= 11 is 0. The molecule has 0 unspecified atom stereocenters. The molecule has 0 aliphatic heterocycles. The highest BCUT2D eigenvalue weighted by Crippen LogP contribution is 2.40. The normalized spacial score (nSPS) is 11.6. The molecule has 4 aromatic carbocycles. The van der Waals surface area contributed by atoms with Crippen LogP contribution < -0.4 is 19.9 Å². The van der Waals surface area contributed by atoms with Gasteiger partial charge in [-0.2, -0.15) is 17.9 Å². The summed E-state index contributed by atoms with van der Waals surface area (Å²) in [6.07, 6.45) is -4.98. The summed E-state index contributed by atoms with van der Waals surface area (Å²) in [6, 6.07) is 27.9. The van der Waals surface area contributed by atoms with Crippen LogP contribution in [0, 0.1) is 22.2 Å². The highest BCUT2D eigenvalue weighted by molar-refractivity contribution is 6.00. The zero-order valence-electron chi connectivity index (χ0n) is 25.7. The summed E-state index contributed by atoms with van der Waals surface area (Å²) in [5.41, 5.74) is 3.57. The van der Waals surface area contributed by atoms with Crippen molar-refractivity contribution in [1.82, 2.24) is 0 Å². The predicted octanol–water partition coefficient (Wildman–Crippen LogP) is 6.86. The van der Waals surface area contributed by atoms with Gasteiger partial charge in [0.1, 0.15) is 18.8 Å². The monoisotopic (exact) mass is 672 g/mol. The second kappa shape index (κ2) is 14.5. The Hall–Kier alpha value is -6.44. The highest BCUT2D eigenvalue weighted by Gasteiger charge is 2.39. The number of aromatic nitrogens is 1. The SMILES string of the molecule is Cc1c(/C(N)=N/OC(=O)c2cc(OCc3ccccc3)c(OCc3ccccc3)c([N+](=O)[O-])c2)c(C(F)(F)F)cc(-c2ccccc2)[n+]1[O-]. The zero-order chi connectivity index (χ0) is 35.1. The molecule has 11 nitrogen and oxygen atoms in total. The third kappa shape index (κ3) is 7.93. The fourth-order valence-electron chi connectivity index (χ4n) is 4.85. The molecular weight excluding hydrogens is 645 g/mol. The van der Waals surface area contributed by atoms with Crippen LogP contribution in [0.25, 0.3) is 11.3 Å². The molecule has 0 radical (unpaired) electrons. The zero-order valence-corrected chi connectivity index (χ0v) is 25.7. The smallest absolute Gasteiger partial charge is 0.417 e. The number of carbonyl (C=O) groups excluding carboxylic acids is 1. The fourth-order valence-corrected chi connectivity index (χ4v) is 4.85. The second-order valence-corrected chi connectivity index (χ2v) is 10.5. The Labute approximate surface area is 277 Å². The molecule has 14 heteroatoms. The van der Waals surface area contributed by atoms with Gasteiger partial charge in [-0.25, -0.2) is 4.79 Å². The number of hydrogen-bond acceptors (Lipinski definition) is 8. The number of nitrogens with two attached hydrogens (primary N) is 1. The third-order valence-electron chi connectivity index (χ3n) is 7.22. The Bertz CT molecular complexity index is 2010. The number of nitrogens with zero attached hydrogens (tertiary/aromatic N) is 3. The van der Waals surface area contributed by atoms with Gasteiger partial charge in [0.05, 0.1) is 16.1 Å². The predicted molar refractivity (Wildman–Crippen MR) is 171 cm³/mol. The second-order valence-electron chi connectivity index (χ2n) is 10.5. The number of rotatable bonds is 11. The average Bonchev–Trinajstić information content (AvgIpc) is 3.10. The van der Waals surface area contributed by atoms with Crippen molar-refractivity contribution < 1.29 is 41.9 Å². The Balaban J connectivity index is 1.50. The van der Waals surface area contributed by atoms with Gasteiger partial charge in [-0.05, 0) is 29.3 Å². The number of carbonyl (C=O) groups is 1. The molecule has 0 bridgehead atoms. The molecule has 0 amide bonds. The molecule has 0 saturated heterocycles. The maximum absolute atomic E-state index is 14.2. The number of hydrogen-bond donors (Lipinski definition) is 1. The van der Waals surface area contributed by atoms with Crippen LogP contribution in [-0.4, -0.2) is 16.7 Å². The van der Waals surface area contributed by atoms with Crippen molar-refractivity contribution >= 4 is 17.5 Å². The largest absolute Gasteiger partial charge is 0.618 e. The van der Waals surface area contributed by atoms with Gasteiger partial charge in [-0.3, -0.25) is 10.1 Å². The van der Waals surface area contributed by atoms with Gasteiger partial charge in [-0.1, -0.05) is 84.0 Å². The molecule has 49 heavy (non-hydrogen) atoms. The van der Waals surface area contributed by atoms with E-state index < -0.39 is 51.0 Å². The lowest BCUT2D eigenvalue weighted by Gasteiger charge is -2.17. The molecule has 2 N–H and O–H groups in total. The Morgan fingerprint density at radius 2 is 1.43 bits per heavy atom. The average molecular weight is 673 g/mol. The van der Waals surface area contributed by atoms with E-state index in [9.17, 15) is 33.3 Å². The number of pyridine rings is 1. The lowest BCUT2D eigenvalue weighted by atomic mass is 10.0. The first-order valence-corrected chi connectivity index (χ1v) is 14.5. The van der Waals surface area contributed by atoms with E-state index in [1.54, 1.807) is 78.9 Å². The number of alkyl halides is 3. The summed E-state index contributed by atoms with van der Waals surface area (Å²) in [7, 11) is 0. The molecule has 0 aliphatic rings. The summed E-state index contributed by atoms with van der Waals surface area (Å²) in [5.74, 6) is -2.70. The van der Waals surface area contributed by atoms with Crippen molar-refractivity contribution in [1.29, 1.82) is 0 Å². The minimum absolute atomic E-state index is 0.0586. The van der Waals surface area contributed by atoms with Crippen LogP contribution in [0.1, 0.15) is 38.3 Å². The molecule has 250 valence electrons.